The highest BCUT2D eigenvalue weighted by atomic mass is 79.9. The molecule has 4 aromatic rings. The van der Waals surface area contributed by atoms with Gasteiger partial charge in [0.2, 0.25) is 0 Å². The van der Waals surface area contributed by atoms with Crippen molar-refractivity contribution in [2.24, 2.45) is 5.10 Å². The highest BCUT2D eigenvalue weighted by Crippen LogP contribution is 2.34. The SMILES string of the molecule is CCC(Oc1ccc2ccccc2c1Br)C(=O)N/N=C/c1cc(Br)ccc1OC(=O)c1ccc(C)cc1. The van der Waals surface area contributed by atoms with E-state index in [0.717, 1.165) is 25.3 Å². The van der Waals surface area contributed by atoms with Crippen LogP contribution in [-0.4, -0.2) is 24.2 Å². The molecular formula is C29H24Br2N2O4. The van der Waals surface area contributed by atoms with Crippen LogP contribution < -0.4 is 14.9 Å². The van der Waals surface area contributed by atoms with Gasteiger partial charge in [-0.3, -0.25) is 4.79 Å². The van der Waals surface area contributed by atoms with E-state index in [-0.39, 0.29) is 0 Å². The van der Waals surface area contributed by atoms with Crippen molar-refractivity contribution in [1.82, 2.24) is 5.43 Å². The monoisotopic (exact) mass is 622 g/mol. The summed E-state index contributed by atoms with van der Waals surface area (Å²) in [4.78, 5) is 25.4. The van der Waals surface area contributed by atoms with Crippen molar-refractivity contribution in [2.45, 2.75) is 26.4 Å². The summed E-state index contributed by atoms with van der Waals surface area (Å²) in [7, 11) is 0. The van der Waals surface area contributed by atoms with Gasteiger partial charge in [-0.15, -0.1) is 0 Å². The molecule has 0 heterocycles. The maximum Gasteiger partial charge on any atom is 0.343 e. The summed E-state index contributed by atoms with van der Waals surface area (Å²) < 4.78 is 13.2. The molecule has 0 spiro atoms. The van der Waals surface area contributed by atoms with E-state index in [4.69, 9.17) is 9.47 Å². The van der Waals surface area contributed by atoms with Crippen LogP contribution in [0.4, 0.5) is 0 Å². The lowest BCUT2D eigenvalue weighted by molar-refractivity contribution is -0.128. The molecule has 0 aliphatic carbocycles. The van der Waals surface area contributed by atoms with Gasteiger partial charge in [0.25, 0.3) is 5.91 Å². The highest BCUT2D eigenvalue weighted by molar-refractivity contribution is 9.11. The van der Waals surface area contributed by atoms with Crippen LogP contribution in [0.25, 0.3) is 10.8 Å². The van der Waals surface area contributed by atoms with Crippen molar-refractivity contribution in [3.05, 3.63) is 104 Å². The number of esters is 1. The lowest BCUT2D eigenvalue weighted by atomic mass is 10.1. The minimum absolute atomic E-state index is 0.315. The summed E-state index contributed by atoms with van der Waals surface area (Å²) >= 11 is 7.01. The fourth-order valence-corrected chi connectivity index (χ4v) is 4.54. The molecule has 0 radical (unpaired) electrons. The van der Waals surface area contributed by atoms with E-state index < -0.39 is 18.0 Å². The number of hydrazone groups is 1. The first-order valence-electron chi connectivity index (χ1n) is 11.6. The topological polar surface area (TPSA) is 77.0 Å². The predicted octanol–water partition coefficient (Wildman–Crippen LogP) is 7.20. The zero-order valence-electron chi connectivity index (χ0n) is 20.2. The quantitative estimate of drug-likeness (QED) is 0.0974. The van der Waals surface area contributed by atoms with Gasteiger partial charge in [-0.25, -0.2) is 10.2 Å². The molecule has 4 rings (SSSR count). The van der Waals surface area contributed by atoms with Gasteiger partial charge >= 0.3 is 5.97 Å². The molecular weight excluding hydrogens is 600 g/mol. The number of nitrogens with one attached hydrogen (secondary N) is 1. The number of halogens is 2. The largest absolute Gasteiger partial charge is 0.479 e. The van der Waals surface area contributed by atoms with Crippen molar-refractivity contribution in [1.29, 1.82) is 0 Å². The van der Waals surface area contributed by atoms with Gasteiger partial charge in [0.15, 0.2) is 6.10 Å². The fraction of sp³-hybridized carbons (Fsp3) is 0.138. The smallest absolute Gasteiger partial charge is 0.343 e. The number of fused-ring (bicyclic) bond motifs is 1. The van der Waals surface area contributed by atoms with Crippen LogP contribution in [0.15, 0.2) is 92.9 Å². The minimum atomic E-state index is -0.754. The zero-order chi connectivity index (χ0) is 26.4. The molecule has 0 aliphatic rings. The van der Waals surface area contributed by atoms with Crippen molar-refractivity contribution in [3.8, 4) is 11.5 Å². The molecule has 6 nitrogen and oxygen atoms in total. The Balaban J connectivity index is 1.45. The van der Waals surface area contributed by atoms with Crippen LogP contribution >= 0.6 is 31.9 Å². The second kappa shape index (κ2) is 12.2. The van der Waals surface area contributed by atoms with E-state index in [2.05, 4.69) is 42.4 Å². The molecule has 1 atom stereocenters. The number of aryl methyl sites for hydroxylation is 1. The van der Waals surface area contributed by atoms with Crippen molar-refractivity contribution >= 4 is 60.7 Å². The molecule has 0 aliphatic heterocycles. The molecule has 1 unspecified atom stereocenters. The van der Waals surface area contributed by atoms with Gasteiger partial charge in [0, 0.05) is 10.0 Å². The molecule has 188 valence electrons. The molecule has 1 amide bonds. The summed E-state index contributed by atoms with van der Waals surface area (Å²) in [6, 6.07) is 24.0. The number of hydrogen-bond acceptors (Lipinski definition) is 5. The van der Waals surface area contributed by atoms with Gasteiger partial charge in [-0.1, -0.05) is 70.9 Å². The average Bonchev–Trinajstić information content (AvgIpc) is 2.90. The van der Waals surface area contributed by atoms with Gasteiger partial charge < -0.3 is 9.47 Å². The minimum Gasteiger partial charge on any atom is -0.479 e. The molecule has 0 saturated carbocycles. The Labute approximate surface area is 231 Å². The first-order chi connectivity index (χ1) is 17.9. The Morgan fingerprint density at radius 3 is 2.46 bits per heavy atom. The van der Waals surface area contributed by atoms with E-state index in [9.17, 15) is 9.59 Å². The van der Waals surface area contributed by atoms with Crippen LogP contribution in [0, 0.1) is 6.92 Å². The maximum absolute atomic E-state index is 12.8. The number of amides is 1. The Bertz CT molecular complexity index is 1470. The summed E-state index contributed by atoms with van der Waals surface area (Å²) in [5, 5.41) is 6.15. The second-order valence-electron chi connectivity index (χ2n) is 8.29. The van der Waals surface area contributed by atoms with Gasteiger partial charge in [0.1, 0.15) is 11.5 Å². The Kier molecular flexibility index (Phi) is 8.74. The number of hydrogen-bond donors (Lipinski definition) is 1. The first kappa shape index (κ1) is 26.6. The number of carbonyl (C=O) groups excluding carboxylic acids is 2. The Hall–Kier alpha value is -3.49. The second-order valence-corrected chi connectivity index (χ2v) is 9.99. The van der Waals surface area contributed by atoms with Crippen LogP contribution in [0.3, 0.4) is 0 Å². The average molecular weight is 624 g/mol. The highest BCUT2D eigenvalue weighted by Gasteiger charge is 2.20. The number of carbonyl (C=O) groups is 2. The van der Waals surface area contributed by atoms with E-state index in [0.29, 0.717) is 29.0 Å². The van der Waals surface area contributed by atoms with Crippen LogP contribution in [0.5, 0.6) is 11.5 Å². The molecule has 0 fully saturated rings. The van der Waals surface area contributed by atoms with E-state index in [1.165, 1.54) is 6.21 Å². The summed E-state index contributed by atoms with van der Waals surface area (Å²) in [6.45, 7) is 3.81. The zero-order valence-corrected chi connectivity index (χ0v) is 23.4. The first-order valence-corrected chi connectivity index (χ1v) is 13.2. The molecule has 0 saturated heterocycles. The van der Waals surface area contributed by atoms with Crippen molar-refractivity contribution < 1.29 is 19.1 Å². The van der Waals surface area contributed by atoms with Gasteiger partial charge in [-0.05, 0) is 76.4 Å². The molecule has 37 heavy (non-hydrogen) atoms. The van der Waals surface area contributed by atoms with Crippen molar-refractivity contribution in [2.75, 3.05) is 0 Å². The summed E-state index contributed by atoms with van der Waals surface area (Å²) in [5.41, 5.74) is 4.53. The number of benzene rings is 4. The molecule has 4 aromatic carbocycles. The van der Waals surface area contributed by atoms with Crippen LogP contribution in [0.1, 0.15) is 34.8 Å². The van der Waals surface area contributed by atoms with Crippen molar-refractivity contribution in [3.63, 3.8) is 0 Å². The van der Waals surface area contributed by atoms with Gasteiger partial charge in [0.05, 0.1) is 16.3 Å². The third-order valence-electron chi connectivity index (χ3n) is 5.60. The van der Waals surface area contributed by atoms with E-state index >= 15 is 0 Å². The normalized spacial score (nSPS) is 11.9. The Morgan fingerprint density at radius 2 is 1.70 bits per heavy atom. The summed E-state index contributed by atoms with van der Waals surface area (Å²) in [5.74, 6) is 0.00514. The summed E-state index contributed by atoms with van der Waals surface area (Å²) in [6.07, 6.45) is 1.12. The third-order valence-corrected chi connectivity index (χ3v) is 6.91. The lowest BCUT2D eigenvalue weighted by Crippen LogP contribution is -2.35. The van der Waals surface area contributed by atoms with E-state index in [1.807, 2.05) is 62.4 Å². The Morgan fingerprint density at radius 1 is 0.973 bits per heavy atom. The molecule has 0 bridgehead atoms. The number of nitrogens with zero attached hydrogens (tertiary/aromatic N) is 1. The molecule has 1 N–H and O–H groups in total. The third kappa shape index (κ3) is 6.64. The predicted molar refractivity (Wildman–Crippen MR) is 152 cm³/mol. The lowest BCUT2D eigenvalue weighted by Gasteiger charge is -2.17. The van der Waals surface area contributed by atoms with Gasteiger partial charge in [-0.2, -0.15) is 5.10 Å². The van der Waals surface area contributed by atoms with E-state index in [1.54, 1.807) is 30.3 Å². The maximum atomic E-state index is 12.8. The molecule has 0 aromatic heterocycles. The molecule has 8 heteroatoms. The number of ether oxygens (including phenoxy) is 2. The fourth-order valence-electron chi connectivity index (χ4n) is 3.58. The van der Waals surface area contributed by atoms with Crippen LogP contribution in [-0.2, 0) is 4.79 Å². The number of rotatable bonds is 8. The standard InChI is InChI=1S/C29H24Br2N2O4/c1-3-24(36-26-14-12-19-6-4-5-7-23(19)27(26)31)28(34)33-32-17-21-16-22(30)13-15-25(21)37-29(35)20-10-8-18(2)9-11-20/h4-17,24H,3H2,1-2H3,(H,33,34)/b32-17+. The van der Waals surface area contributed by atoms with Crippen LogP contribution in [0.2, 0.25) is 0 Å².